The van der Waals surface area contributed by atoms with Crippen LogP contribution in [0.25, 0.3) is 0 Å². The number of rotatable bonds is 3. The van der Waals surface area contributed by atoms with Crippen molar-refractivity contribution in [3.8, 4) is 0 Å². The first kappa shape index (κ1) is 8.59. The molecule has 2 fully saturated rings. The lowest BCUT2D eigenvalue weighted by molar-refractivity contribution is 0.236. The molecule has 4 unspecified atom stereocenters. The van der Waals surface area contributed by atoms with Crippen molar-refractivity contribution in [1.82, 2.24) is 0 Å². The van der Waals surface area contributed by atoms with Gasteiger partial charge in [-0.05, 0) is 48.9 Å². The molecule has 0 nitrogen and oxygen atoms in total. The minimum absolute atomic E-state index is 0.953. The molecule has 70 valence electrons. The van der Waals surface area contributed by atoms with E-state index in [0.29, 0.717) is 0 Å². The van der Waals surface area contributed by atoms with Gasteiger partial charge in [-0.1, -0.05) is 27.2 Å². The predicted molar refractivity (Wildman–Crippen MR) is 52.9 cm³/mol. The molecule has 0 heteroatoms. The van der Waals surface area contributed by atoms with Crippen LogP contribution in [0.3, 0.4) is 0 Å². The maximum atomic E-state index is 2.49. The van der Waals surface area contributed by atoms with E-state index in [1.165, 1.54) is 12.3 Å². The number of hydrogen-bond acceptors (Lipinski definition) is 0. The standard InChI is InChI=1S/C12H22/c1-4-8(2)9(3)11-6-5-10-7-12(10)11/h8-12H,4-7H2,1-3H3/t8?,9-,10?,11?,12?/m0/s1. The summed E-state index contributed by atoms with van der Waals surface area (Å²) in [5, 5.41) is 0. The molecule has 0 heterocycles. The normalized spacial score (nSPS) is 43.8. The van der Waals surface area contributed by atoms with Gasteiger partial charge in [-0.3, -0.25) is 0 Å². The van der Waals surface area contributed by atoms with Crippen molar-refractivity contribution < 1.29 is 0 Å². The fourth-order valence-corrected chi connectivity index (χ4v) is 3.19. The molecule has 0 N–H and O–H groups in total. The van der Waals surface area contributed by atoms with E-state index in [1.807, 2.05) is 0 Å². The van der Waals surface area contributed by atoms with E-state index >= 15 is 0 Å². The largest absolute Gasteiger partial charge is 0.0651 e. The van der Waals surface area contributed by atoms with Gasteiger partial charge in [0.1, 0.15) is 0 Å². The summed E-state index contributed by atoms with van der Waals surface area (Å²) in [5.41, 5.74) is 0. The Hall–Kier alpha value is 0. The van der Waals surface area contributed by atoms with Crippen molar-refractivity contribution in [2.24, 2.45) is 29.6 Å². The van der Waals surface area contributed by atoms with Crippen LogP contribution in [-0.4, -0.2) is 0 Å². The van der Waals surface area contributed by atoms with Gasteiger partial charge in [0, 0.05) is 0 Å². The first-order chi connectivity index (χ1) is 5.74. The molecule has 0 aromatic rings. The van der Waals surface area contributed by atoms with Crippen LogP contribution in [0.5, 0.6) is 0 Å². The summed E-state index contributed by atoms with van der Waals surface area (Å²) in [6.07, 6.45) is 6.04. The zero-order chi connectivity index (χ0) is 8.72. The molecular weight excluding hydrogens is 144 g/mol. The highest BCUT2D eigenvalue weighted by Gasteiger charge is 2.49. The highest BCUT2D eigenvalue weighted by atomic mass is 14.5. The number of fused-ring (bicyclic) bond motifs is 1. The van der Waals surface area contributed by atoms with Crippen LogP contribution >= 0.6 is 0 Å². The predicted octanol–water partition coefficient (Wildman–Crippen LogP) is 3.71. The second-order valence-corrected chi connectivity index (χ2v) is 5.15. The Morgan fingerprint density at radius 3 is 2.42 bits per heavy atom. The smallest absolute Gasteiger partial charge is 0.0352 e. The van der Waals surface area contributed by atoms with Gasteiger partial charge in [-0.2, -0.15) is 0 Å². The van der Waals surface area contributed by atoms with Crippen molar-refractivity contribution in [2.45, 2.75) is 46.5 Å². The van der Waals surface area contributed by atoms with Gasteiger partial charge in [0.05, 0.1) is 0 Å². The van der Waals surface area contributed by atoms with E-state index in [4.69, 9.17) is 0 Å². The van der Waals surface area contributed by atoms with Crippen LogP contribution in [0, 0.1) is 29.6 Å². The zero-order valence-electron chi connectivity index (χ0n) is 8.72. The Morgan fingerprint density at radius 1 is 1.25 bits per heavy atom. The first-order valence-corrected chi connectivity index (χ1v) is 5.74. The molecule has 0 bridgehead atoms. The average Bonchev–Trinajstić information content (AvgIpc) is 2.76. The molecule has 2 aliphatic carbocycles. The van der Waals surface area contributed by atoms with Gasteiger partial charge in [-0.25, -0.2) is 0 Å². The second kappa shape index (κ2) is 3.05. The Bertz CT molecular complexity index is 161. The van der Waals surface area contributed by atoms with E-state index in [1.54, 1.807) is 19.3 Å². The lowest BCUT2D eigenvalue weighted by Gasteiger charge is -2.26. The summed E-state index contributed by atoms with van der Waals surface area (Å²) in [7, 11) is 0. The Labute approximate surface area is 76.7 Å². The van der Waals surface area contributed by atoms with Gasteiger partial charge < -0.3 is 0 Å². The van der Waals surface area contributed by atoms with Crippen LogP contribution < -0.4 is 0 Å². The summed E-state index contributed by atoms with van der Waals surface area (Å²) in [6, 6.07) is 0. The third-order valence-corrected chi connectivity index (χ3v) is 4.61. The molecular formula is C12H22. The quantitative estimate of drug-likeness (QED) is 0.599. The number of hydrogen-bond donors (Lipinski definition) is 0. The first-order valence-electron chi connectivity index (χ1n) is 5.74. The van der Waals surface area contributed by atoms with Crippen LogP contribution in [0.4, 0.5) is 0 Å². The lowest BCUT2D eigenvalue weighted by Crippen LogP contribution is -2.18. The highest BCUT2D eigenvalue weighted by Crippen LogP contribution is 2.58. The molecule has 0 radical (unpaired) electrons. The molecule has 0 aliphatic heterocycles. The average molecular weight is 166 g/mol. The maximum absolute atomic E-state index is 2.49. The fourth-order valence-electron chi connectivity index (χ4n) is 3.19. The molecule has 12 heavy (non-hydrogen) atoms. The Balaban J connectivity index is 1.90. The van der Waals surface area contributed by atoms with E-state index in [0.717, 1.165) is 23.7 Å². The highest BCUT2D eigenvalue weighted by molar-refractivity contribution is 4.99. The molecule has 2 saturated carbocycles. The maximum Gasteiger partial charge on any atom is -0.0352 e. The van der Waals surface area contributed by atoms with Crippen molar-refractivity contribution in [3.63, 3.8) is 0 Å². The van der Waals surface area contributed by atoms with Crippen molar-refractivity contribution in [1.29, 1.82) is 0 Å². The van der Waals surface area contributed by atoms with E-state index in [2.05, 4.69) is 20.8 Å². The van der Waals surface area contributed by atoms with Gasteiger partial charge >= 0.3 is 0 Å². The molecule has 2 aliphatic rings. The summed E-state index contributed by atoms with van der Waals surface area (Å²) < 4.78 is 0. The third kappa shape index (κ3) is 1.30. The van der Waals surface area contributed by atoms with Crippen LogP contribution in [0.1, 0.15) is 46.5 Å². The van der Waals surface area contributed by atoms with Gasteiger partial charge in [0.2, 0.25) is 0 Å². The molecule has 0 spiro atoms. The summed E-state index contributed by atoms with van der Waals surface area (Å²) in [5.74, 6) is 5.38. The Morgan fingerprint density at radius 2 is 2.00 bits per heavy atom. The molecule has 0 aromatic heterocycles. The van der Waals surface area contributed by atoms with Gasteiger partial charge in [0.15, 0.2) is 0 Å². The Kier molecular flexibility index (Phi) is 2.18. The van der Waals surface area contributed by atoms with E-state index in [-0.39, 0.29) is 0 Å². The topological polar surface area (TPSA) is 0 Å². The monoisotopic (exact) mass is 166 g/mol. The van der Waals surface area contributed by atoms with Crippen LogP contribution in [-0.2, 0) is 0 Å². The van der Waals surface area contributed by atoms with Crippen molar-refractivity contribution >= 4 is 0 Å². The van der Waals surface area contributed by atoms with Crippen LogP contribution in [0.2, 0.25) is 0 Å². The zero-order valence-corrected chi connectivity index (χ0v) is 8.72. The van der Waals surface area contributed by atoms with Crippen molar-refractivity contribution in [3.05, 3.63) is 0 Å². The summed E-state index contributed by atoms with van der Waals surface area (Å²) in [6.45, 7) is 7.25. The molecule has 0 saturated heterocycles. The second-order valence-electron chi connectivity index (χ2n) is 5.15. The minimum atomic E-state index is 0.953. The SMILES string of the molecule is CCC(C)[C@H](C)C1CCC2CC21. The lowest BCUT2D eigenvalue weighted by atomic mass is 9.80. The minimum Gasteiger partial charge on any atom is -0.0651 e. The molecule has 0 aromatic carbocycles. The molecule has 5 atom stereocenters. The molecule has 2 rings (SSSR count). The van der Waals surface area contributed by atoms with Crippen molar-refractivity contribution in [2.75, 3.05) is 0 Å². The van der Waals surface area contributed by atoms with Gasteiger partial charge in [0.25, 0.3) is 0 Å². The third-order valence-electron chi connectivity index (χ3n) is 4.61. The van der Waals surface area contributed by atoms with Gasteiger partial charge in [-0.15, -0.1) is 0 Å². The van der Waals surface area contributed by atoms with E-state index < -0.39 is 0 Å². The fraction of sp³-hybridized carbons (Fsp3) is 1.00. The summed E-state index contributed by atoms with van der Waals surface area (Å²) >= 11 is 0. The van der Waals surface area contributed by atoms with E-state index in [9.17, 15) is 0 Å². The molecule has 0 amide bonds. The summed E-state index contributed by atoms with van der Waals surface area (Å²) in [4.78, 5) is 0. The van der Waals surface area contributed by atoms with Crippen LogP contribution in [0.15, 0.2) is 0 Å².